The fourth-order valence-corrected chi connectivity index (χ4v) is 1.91. The van der Waals surface area contributed by atoms with Crippen LogP contribution in [0.1, 0.15) is 5.56 Å². The summed E-state index contributed by atoms with van der Waals surface area (Å²) in [5.74, 6) is 0. The van der Waals surface area contributed by atoms with Gasteiger partial charge in [-0.05, 0) is 29.8 Å². The van der Waals surface area contributed by atoms with Gasteiger partial charge in [-0.2, -0.15) is 0 Å². The number of halogens is 2. The van der Waals surface area contributed by atoms with Gasteiger partial charge in [0.2, 0.25) is 0 Å². The first kappa shape index (κ1) is 10.6. The van der Waals surface area contributed by atoms with Crippen molar-refractivity contribution >= 4 is 23.2 Å². The summed E-state index contributed by atoms with van der Waals surface area (Å²) in [6, 6.07) is 7.59. The zero-order valence-corrected chi connectivity index (χ0v) is 9.44. The SMILES string of the molecule is NCc1cc(Cl)c(Cl)c(-c2ccc[nH]2)c1. The molecule has 0 aliphatic carbocycles. The number of benzene rings is 1. The molecule has 0 spiro atoms. The molecule has 2 nitrogen and oxygen atoms in total. The standard InChI is InChI=1S/C11H10Cl2N2/c12-9-5-7(6-14)4-8(11(9)13)10-2-1-3-15-10/h1-5,15H,6,14H2. The van der Waals surface area contributed by atoms with E-state index in [0.717, 1.165) is 16.8 Å². The second kappa shape index (κ2) is 4.27. The molecule has 0 bridgehead atoms. The molecule has 2 rings (SSSR count). The predicted molar refractivity (Wildman–Crippen MR) is 64.1 cm³/mol. The average molecular weight is 241 g/mol. The van der Waals surface area contributed by atoms with Crippen molar-refractivity contribution in [2.45, 2.75) is 6.54 Å². The maximum Gasteiger partial charge on any atom is 0.0685 e. The van der Waals surface area contributed by atoms with Crippen molar-refractivity contribution in [2.24, 2.45) is 5.73 Å². The van der Waals surface area contributed by atoms with Crippen LogP contribution in [-0.4, -0.2) is 4.98 Å². The van der Waals surface area contributed by atoms with Crippen molar-refractivity contribution < 1.29 is 0 Å². The third kappa shape index (κ3) is 2.02. The Hall–Kier alpha value is -0.960. The van der Waals surface area contributed by atoms with Gasteiger partial charge in [0.1, 0.15) is 0 Å². The van der Waals surface area contributed by atoms with Crippen molar-refractivity contribution in [1.82, 2.24) is 4.98 Å². The molecule has 0 amide bonds. The molecule has 78 valence electrons. The minimum Gasteiger partial charge on any atom is -0.361 e. The highest BCUT2D eigenvalue weighted by atomic mass is 35.5. The fraction of sp³-hybridized carbons (Fsp3) is 0.0909. The van der Waals surface area contributed by atoms with Crippen molar-refractivity contribution in [3.05, 3.63) is 46.1 Å². The third-order valence-electron chi connectivity index (χ3n) is 2.21. The molecule has 1 heterocycles. The molecule has 0 aliphatic rings. The summed E-state index contributed by atoms with van der Waals surface area (Å²) in [7, 11) is 0. The molecule has 1 aromatic heterocycles. The number of hydrogen-bond donors (Lipinski definition) is 2. The fourth-order valence-electron chi connectivity index (χ4n) is 1.46. The van der Waals surface area contributed by atoms with Gasteiger partial charge in [0.15, 0.2) is 0 Å². The summed E-state index contributed by atoms with van der Waals surface area (Å²) in [4.78, 5) is 3.09. The van der Waals surface area contributed by atoms with Gasteiger partial charge in [-0.3, -0.25) is 0 Å². The van der Waals surface area contributed by atoms with Gasteiger partial charge < -0.3 is 10.7 Å². The minimum atomic E-state index is 0.449. The predicted octanol–water partition coefficient (Wildman–Crippen LogP) is 3.45. The van der Waals surface area contributed by atoms with E-state index in [1.807, 2.05) is 24.4 Å². The second-order valence-electron chi connectivity index (χ2n) is 3.23. The summed E-state index contributed by atoms with van der Waals surface area (Å²) >= 11 is 12.1. The molecule has 3 N–H and O–H groups in total. The zero-order valence-electron chi connectivity index (χ0n) is 7.93. The molecular formula is C11H10Cl2N2. The highest BCUT2D eigenvalue weighted by molar-refractivity contribution is 6.43. The third-order valence-corrected chi connectivity index (χ3v) is 3.01. The quantitative estimate of drug-likeness (QED) is 0.830. The smallest absolute Gasteiger partial charge is 0.0685 e. The van der Waals surface area contributed by atoms with Gasteiger partial charge in [-0.25, -0.2) is 0 Å². The van der Waals surface area contributed by atoms with Crippen molar-refractivity contribution in [3.8, 4) is 11.3 Å². The Morgan fingerprint density at radius 1 is 1.27 bits per heavy atom. The minimum absolute atomic E-state index is 0.449. The Morgan fingerprint density at radius 2 is 2.07 bits per heavy atom. The molecule has 0 aliphatic heterocycles. The first-order valence-electron chi connectivity index (χ1n) is 4.54. The number of aromatic amines is 1. The summed E-state index contributed by atoms with van der Waals surface area (Å²) < 4.78 is 0. The summed E-state index contributed by atoms with van der Waals surface area (Å²) in [6.45, 7) is 0.449. The molecule has 0 saturated heterocycles. The van der Waals surface area contributed by atoms with E-state index in [4.69, 9.17) is 28.9 Å². The van der Waals surface area contributed by atoms with Crippen LogP contribution in [0.4, 0.5) is 0 Å². The van der Waals surface area contributed by atoms with Crippen LogP contribution in [0.5, 0.6) is 0 Å². The Morgan fingerprint density at radius 3 is 2.67 bits per heavy atom. The van der Waals surface area contributed by atoms with Crippen molar-refractivity contribution in [2.75, 3.05) is 0 Å². The first-order valence-corrected chi connectivity index (χ1v) is 5.29. The maximum atomic E-state index is 6.12. The van der Waals surface area contributed by atoms with E-state index in [0.29, 0.717) is 16.6 Å². The summed E-state index contributed by atoms with van der Waals surface area (Å²) in [5.41, 5.74) is 8.37. The molecule has 15 heavy (non-hydrogen) atoms. The van der Waals surface area contributed by atoms with Gasteiger partial charge >= 0.3 is 0 Å². The lowest BCUT2D eigenvalue weighted by Crippen LogP contribution is -1.97. The molecule has 0 unspecified atom stereocenters. The molecular weight excluding hydrogens is 231 g/mol. The van der Waals surface area contributed by atoms with E-state index in [9.17, 15) is 0 Å². The van der Waals surface area contributed by atoms with Crippen LogP contribution < -0.4 is 5.73 Å². The van der Waals surface area contributed by atoms with E-state index >= 15 is 0 Å². The number of rotatable bonds is 2. The average Bonchev–Trinajstić information content (AvgIpc) is 2.75. The molecule has 0 atom stereocenters. The summed E-state index contributed by atoms with van der Waals surface area (Å²) in [5, 5.41) is 1.08. The van der Waals surface area contributed by atoms with E-state index in [1.165, 1.54) is 0 Å². The molecule has 0 fully saturated rings. The topological polar surface area (TPSA) is 41.8 Å². The Balaban J connectivity index is 2.60. The van der Waals surface area contributed by atoms with Crippen LogP contribution in [-0.2, 0) is 6.54 Å². The number of hydrogen-bond acceptors (Lipinski definition) is 1. The molecule has 0 radical (unpaired) electrons. The molecule has 1 aromatic carbocycles. The lowest BCUT2D eigenvalue weighted by Gasteiger charge is -2.07. The normalized spacial score (nSPS) is 10.6. The highest BCUT2D eigenvalue weighted by Crippen LogP contribution is 2.33. The monoisotopic (exact) mass is 240 g/mol. The Labute approximate surface area is 98.0 Å². The Bertz CT molecular complexity index is 464. The van der Waals surface area contributed by atoms with Crippen LogP contribution in [0.15, 0.2) is 30.5 Å². The van der Waals surface area contributed by atoms with E-state index in [-0.39, 0.29) is 0 Å². The second-order valence-corrected chi connectivity index (χ2v) is 4.01. The lowest BCUT2D eigenvalue weighted by molar-refractivity contribution is 1.07. The van der Waals surface area contributed by atoms with Gasteiger partial charge in [-0.1, -0.05) is 23.2 Å². The van der Waals surface area contributed by atoms with Gasteiger partial charge in [-0.15, -0.1) is 0 Å². The first-order chi connectivity index (χ1) is 7.22. The van der Waals surface area contributed by atoms with Gasteiger partial charge in [0.05, 0.1) is 10.0 Å². The number of nitrogens with two attached hydrogens (primary N) is 1. The van der Waals surface area contributed by atoms with Crippen molar-refractivity contribution in [1.29, 1.82) is 0 Å². The van der Waals surface area contributed by atoms with Crippen LogP contribution in [0.3, 0.4) is 0 Å². The number of aromatic nitrogens is 1. The lowest BCUT2D eigenvalue weighted by atomic mass is 10.1. The maximum absolute atomic E-state index is 6.12. The van der Waals surface area contributed by atoms with E-state index in [1.54, 1.807) is 6.07 Å². The Kier molecular flexibility index (Phi) is 3.00. The van der Waals surface area contributed by atoms with Gasteiger partial charge in [0, 0.05) is 24.0 Å². The zero-order chi connectivity index (χ0) is 10.8. The number of nitrogens with one attached hydrogen (secondary N) is 1. The van der Waals surface area contributed by atoms with Crippen molar-refractivity contribution in [3.63, 3.8) is 0 Å². The molecule has 4 heteroatoms. The largest absolute Gasteiger partial charge is 0.361 e. The molecule has 0 saturated carbocycles. The molecule has 2 aromatic rings. The van der Waals surface area contributed by atoms with Crippen LogP contribution in [0, 0.1) is 0 Å². The van der Waals surface area contributed by atoms with E-state index < -0.39 is 0 Å². The number of H-pyrrole nitrogens is 1. The van der Waals surface area contributed by atoms with Gasteiger partial charge in [0.25, 0.3) is 0 Å². The highest BCUT2D eigenvalue weighted by Gasteiger charge is 2.09. The van der Waals surface area contributed by atoms with Crippen LogP contribution >= 0.6 is 23.2 Å². The van der Waals surface area contributed by atoms with Crippen LogP contribution in [0.25, 0.3) is 11.3 Å². The van der Waals surface area contributed by atoms with Crippen LogP contribution in [0.2, 0.25) is 10.0 Å². The summed E-state index contributed by atoms with van der Waals surface area (Å²) in [6.07, 6.45) is 1.84. The van der Waals surface area contributed by atoms with E-state index in [2.05, 4.69) is 4.98 Å².